The van der Waals surface area contributed by atoms with Gasteiger partial charge in [-0.25, -0.2) is 4.98 Å². The zero-order valence-corrected chi connectivity index (χ0v) is 12.2. The van der Waals surface area contributed by atoms with Crippen molar-refractivity contribution in [3.05, 3.63) is 52.6 Å². The Kier molecular flexibility index (Phi) is 4.67. The standard InChI is InChI=1S/C14H12BrF2NO2/c1-19-9-14(16,17)10-4-6-11(7-5-10)20-13-12(15)3-2-8-18-13/h2-8H,9H2,1H3. The molecule has 106 valence electrons. The maximum absolute atomic E-state index is 13.6. The number of aromatic nitrogens is 1. The summed E-state index contributed by atoms with van der Waals surface area (Å²) in [6.45, 7) is -0.654. The monoisotopic (exact) mass is 343 g/mol. The lowest BCUT2D eigenvalue weighted by Crippen LogP contribution is -2.19. The summed E-state index contributed by atoms with van der Waals surface area (Å²) in [6.07, 6.45) is 1.58. The molecule has 0 amide bonds. The van der Waals surface area contributed by atoms with Gasteiger partial charge in [0.25, 0.3) is 5.92 Å². The first-order valence-corrected chi connectivity index (χ1v) is 6.58. The molecule has 1 aromatic heterocycles. The highest BCUT2D eigenvalue weighted by Gasteiger charge is 2.31. The molecule has 6 heteroatoms. The predicted octanol–water partition coefficient (Wildman–Crippen LogP) is 4.37. The maximum atomic E-state index is 13.6. The molecule has 0 saturated carbocycles. The molecule has 0 aliphatic carbocycles. The summed E-state index contributed by atoms with van der Waals surface area (Å²) in [4.78, 5) is 4.04. The first kappa shape index (κ1) is 14.9. The quantitative estimate of drug-likeness (QED) is 0.807. The van der Waals surface area contributed by atoms with Crippen molar-refractivity contribution in [3.63, 3.8) is 0 Å². The normalized spacial score (nSPS) is 11.4. The number of methoxy groups -OCH3 is 1. The Labute approximate surface area is 123 Å². The Balaban J connectivity index is 2.15. The van der Waals surface area contributed by atoms with E-state index in [2.05, 4.69) is 25.7 Å². The van der Waals surface area contributed by atoms with E-state index < -0.39 is 12.5 Å². The molecule has 0 radical (unpaired) electrons. The van der Waals surface area contributed by atoms with Gasteiger partial charge in [-0.15, -0.1) is 0 Å². The molecule has 0 atom stereocenters. The molecule has 0 N–H and O–H groups in total. The van der Waals surface area contributed by atoms with Crippen LogP contribution in [0.5, 0.6) is 11.6 Å². The average molecular weight is 344 g/mol. The highest BCUT2D eigenvalue weighted by atomic mass is 79.9. The van der Waals surface area contributed by atoms with Crippen molar-refractivity contribution < 1.29 is 18.3 Å². The van der Waals surface area contributed by atoms with Gasteiger partial charge in [0.2, 0.25) is 5.88 Å². The van der Waals surface area contributed by atoms with E-state index in [1.165, 1.54) is 31.4 Å². The highest BCUT2D eigenvalue weighted by Crippen LogP contribution is 2.31. The van der Waals surface area contributed by atoms with Gasteiger partial charge < -0.3 is 9.47 Å². The fraction of sp³-hybridized carbons (Fsp3) is 0.214. The SMILES string of the molecule is COCC(F)(F)c1ccc(Oc2ncccc2Br)cc1. The van der Waals surface area contributed by atoms with Crippen LogP contribution in [-0.4, -0.2) is 18.7 Å². The fourth-order valence-electron chi connectivity index (χ4n) is 1.59. The molecule has 3 nitrogen and oxygen atoms in total. The van der Waals surface area contributed by atoms with Crippen molar-refractivity contribution in [2.75, 3.05) is 13.7 Å². The third-order valence-electron chi connectivity index (χ3n) is 2.54. The van der Waals surface area contributed by atoms with Crippen molar-refractivity contribution in [1.29, 1.82) is 0 Å². The van der Waals surface area contributed by atoms with Gasteiger partial charge in [-0.3, -0.25) is 0 Å². The van der Waals surface area contributed by atoms with Gasteiger partial charge in [0, 0.05) is 18.9 Å². The van der Waals surface area contributed by atoms with Crippen LogP contribution in [-0.2, 0) is 10.7 Å². The third kappa shape index (κ3) is 3.52. The van der Waals surface area contributed by atoms with E-state index in [4.69, 9.17) is 4.74 Å². The lowest BCUT2D eigenvalue weighted by molar-refractivity contribution is -0.0698. The molecule has 0 aliphatic rings. The lowest BCUT2D eigenvalue weighted by Gasteiger charge is -2.16. The van der Waals surface area contributed by atoms with E-state index in [1.807, 2.05) is 0 Å². The van der Waals surface area contributed by atoms with E-state index in [0.717, 1.165) is 0 Å². The summed E-state index contributed by atoms with van der Waals surface area (Å²) >= 11 is 3.30. The summed E-state index contributed by atoms with van der Waals surface area (Å²) in [5, 5.41) is 0. The van der Waals surface area contributed by atoms with Gasteiger partial charge >= 0.3 is 0 Å². The van der Waals surface area contributed by atoms with E-state index >= 15 is 0 Å². The van der Waals surface area contributed by atoms with E-state index in [-0.39, 0.29) is 5.56 Å². The fourth-order valence-corrected chi connectivity index (χ4v) is 1.93. The first-order chi connectivity index (χ1) is 9.53. The summed E-state index contributed by atoms with van der Waals surface area (Å²) in [5.74, 6) is -2.20. The van der Waals surface area contributed by atoms with Gasteiger partial charge in [-0.1, -0.05) is 0 Å². The van der Waals surface area contributed by atoms with Gasteiger partial charge in [0.1, 0.15) is 12.4 Å². The van der Waals surface area contributed by atoms with E-state index in [9.17, 15) is 8.78 Å². The Morgan fingerprint density at radius 3 is 2.50 bits per heavy atom. The van der Waals surface area contributed by atoms with Crippen LogP contribution in [0.25, 0.3) is 0 Å². The third-order valence-corrected chi connectivity index (χ3v) is 3.15. The number of pyridine rings is 1. The Hall–Kier alpha value is -1.53. The van der Waals surface area contributed by atoms with Gasteiger partial charge in [0.05, 0.1) is 4.47 Å². The van der Waals surface area contributed by atoms with Crippen LogP contribution in [0.1, 0.15) is 5.56 Å². The van der Waals surface area contributed by atoms with Gasteiger partial charge in [-0.05, 0) is 52.3 Å². The van der Waals surface area contributed by atoms with Crippen LogP contribution in [0.2, 0.25) is 0 Å². The molecule has 0 aliphatic heterocycles. The molecule has 0 spiro atoms. The van der Waals surface area contributed by atoms with Gasteiger partial charge in [0.15, 0.2) is 0 Å². The van der Waals surface area contributed by atoms with E-state index in [1.54, 1.807) is 18.3 Å². The number of hydrogen-bond donors (Lipinski definition) is 0. The smallest absolute Gasteiger partial charge is 0.296 e. The summed E-state index contributed by atoms with van der Waals surface area (Å²) in [5.41, 5.74) is -0.119. The molecular formula is C14H12BrF2NO2. The summed E-state index contributed by atoms with van der Waals surface area (Å²) in [6, 6.07) is 9.10. The first-order valence-electron chi connectivity index (χ1n) is 5.78. The molecule has 0 unspecified atom stereocenters. The largest absolute Gasteiger partial charge is 0.438 e. The zero-order chi connectivity index (χ0) is 14.6. The highest BCUT2D eigenvalue weighted by molar-refractivity contribution is 9.10. The second-order valence-corrected chi connectivity index (χ2v) is 4.91. The topological polar surface area (TPSA) is 31.4 Å². The number of nitrogens with zero attached hydrogens (tertiary/aromatic N) is 1. The Morgan fingerprint density at radius 1 is 1.20 bits per heavy atom. The van der Waals surface area contributed by atoms with Crippen molar-refractivity contribution in [2.24, 2.45) is 0 Å². The number of hydrogen-bond acceptors (Lipinski definition) is 3. The molecule has 0 bridgehead atoms. The van der Waals surface area contributed by atoms with E-state index in [0.29, 0.717) is 16.1 Å². The molecule has 0 fully saturated rings. The molecule has 1 aromatic carbocycles. The molecular weight excluding hydrogens is 332 g/mol. The van der Waals surface area contributed by atoms with Crippen molar-refractivity contribution in [2.45, 2.75) is 5.92 Å². The Morgan fingerprint density at radius 2 is 1.90 bits per heavy atom. The van der Waals surface area contributed by atoms with Crippen LogP contribution < -0.4 is 4.74 Å². The lowest BCUT2D eigenvalue weighted by atomic mass is 10.1. The maximum Gasteiger partial charge on any atom is 0.296 e. The van der Waals surface area contributed by atoms with Crippen molar-refractivity contribution in [3.8, 4) is 11.6 Å². The van der Waals surface area contributed by atoms with Crippen molar-refractivity contribution >= 4 is 15.9 Å². The number of halogens is 3. The van der Waals surface area contributed by atoms with Crippen LogP contribution in [0.4, 0.5) is 8.78 Å². The molecule has 2 rings (SSSR count). The zero-order valence-electron chi connectivity index (χ0n) is 10.6. The summed E-state index contributed by atoms with van der Waals surface area (Å²) < 4.78 is 37.9. The minimum Gasteiger partial charge on any atom is -0.438 e. The molecule has 2 aromatic rings. The van der Waals surface area contributed by atoms with Crippen LogP contribution in [0.3, 0.4) is 0 Å². The number of rotatable bonds is 5. The summed E-state index contributed by atoms with van der Waals surface area (Å²) in [7, 11) is 1.24. The molecule has 1 heterocycles. The number of alkyl halides is 2. The number of benzene rings is 1. The molecule has 0 saturated heterocycles. The number of ether oxygens (including phenoxy) is 2. The van der Waals surface area contributed by atoms with Crippen LogP contribution in [0.15, 0.2) is 47.1 Å². The van der Waals surface area contributed by atoms with Crippen LogP contribution in [0, 0.1) is 0 Å². The average Bonchev–Trinajstić information content (AvgIpc) is 2.42. The minimum atomic E-state index is -3.02. The Bertz CT molecular complexity index is 576. The molecule has 20 heavy (non-hydrogen) atoms. The van der Waals surface area contributed by atoms with Crippen molar-refractivity contribution in [1.82, 2.24) is 4.98 Å². The second kappa shape index (κ2) is 6.28. The van der Waals surface area contributed by atoms with Gasteiger partial charge in [-0.2, -0.15) is 8.78 Å². The predicted molar refractivity (Wildman–Crippen MR) is 74.2 cm³/mol. The van der Waals surface area contributed by atoms with Crippen LogP contribution >= 0.6 is 15.9 Å². The minimum absolute atomic E-state index is 0.119. The second-order valence-electron chi connectivity index (χ2n) is 4.05.